The average molecular weight is 389 g/mol. The van der Waals surface area contributed by atoms with E-state index in [9.17, 15) is 13.2 Å². The van der Waals surface area contributed by atoms with Crippen molar-refractivity contribution in [1.82, 2.24) is 5.32 Å². The second-order valence-electron chi connectivity index (χ2n) is 7.07. The maximum Gasteiger partial charge on any atom is 0.251 e. The van der Waals surface area contributed by atoms with Crippen LogP contribution in [-0.4, -0.2) is 20.1 Å². The fourth-order valence-corrected chi connectivity index (χ4v) is 4.03. The number of amides is 1. The Morgan fingerprint density at radius 3 is 2.37 bits per heavy atom. The van der Waals surface area contributed by atoms with E-state index < -0.39 is 10.0 Å². The molecule has 0 saturated heterocycles. The topological polar surface area (TPSA) is 75.3 Å². The van der Waals surface area contributed by atoms with E-state index in [1.54, 1.807) is 24.3 Å². The third kappa shape index (κ3) is 6.71. The van der Waals surface area contributed by atoms with Gasteiger partial charge in [0.25, 0.3) is 5.91 Å². The summed E-state index contributed by atoms with van der Waals surface area (Å²) in [4.78, 5) is 12.8. The van der Waals surface area contributed by atoms with Crippen molar-refractivity contribution in [2.75, 3.05) is 10.5 Å². The highest BCUT2D eigenvalue weighted by atomic mass is 32.2. The highest BCUT2D eigenvalue weighted by Gasteiger charge is 2.18. The fraction of sp³-hybridized carbons (Fsp3) is 0.381. The molecule has 2 rings (SSSR count). The van der Waals surface area contributed by atoms with Gasteiger partial charge in [-0.2, -0.15) is 0 Å². The number of carbonyl (C=O) groups excluding carboxylic acids is 1. The van der Waals surface area contributed by atoms with Crippen molar-refractivity contribution in [2.45, 2.75) is 39.7 Å². The Bertz CT molecular complexity index is 849. The second kappa shape index (κ2) is 9.55. The summed E-state index contributed by atoms with van der Waals surface area (Å²) >= 11 is 0. The third-order valence-corrected chi connectivity index (χ3v) is 5.58. The van der Waals surface area contributed by atoms with Crippen molar-refractivity contribution in [3.05, 3.63) is 65.7 Å². The molecule has 0 aliphatic heterocycles. The Morgan fingerprint density at radius 1 is 1.04 bits per heavy atom. The summed E-state index contributed by atoms with van der Waals surface area (Å²) in [6.45, 7) is 6.04. The van der Waals surface area contributed by atoms with Gasteiger partial charge in [0.15, 0.2) is 0 Å². The minimum atomic E-state index is -3.39. The molecule has 0 radical (unpaired) electrons. The number of hydrogen-bond donors (Lipinski definition) is 2. The van der Waals surface area contributed by atoms with E-state index in [1.165, 1.54) is 0 Å². The van der Waals surface area contributed by atoms with Crippen molar-refractivity contribution in [3.63, 3.8) is 0 Å². The molecule has 6 heteroatoms. The minimum absolute atomic E-state index is 0.0495. The third-order valence-electron chi connectivity index (χ3n) is 4.09. The van der Waals surface area contributed by atoms with Crippen LogP contribution in [0.3, 0.4) is 0 Å². The van der Waals surface area contributed by atoms with E-state index in [0.29, 0.717) is 23.6 Å². The van der Waals surface area contributed by atoms with Gasteiger partial charge in [0.2, 0.25) is 10.0 Å². The molecule has 2 aromatic rings. The Balaban J connectivity index is 2.17. The number of carbonyl (C=O) groups is 1. The summed E-state index contributed by atoms with van der Waals surface area (Å²) < 4.78 is 26.4. The molecule has 2 aromatic carbocycles. The molecule has 1 atom stereocenters. The first-order chi connectivity index (χ1) is 12.8. The standard InChI is InChI=1S/C21H28N2O3S/c1-4-13-27(25,26)23-19-12-8-11-18(15-19)21(24)22-20(14-16(2)3)17-9-6-5-7-10-17/h5-12,15-16,20,23H,4,13-14H2,1-3H3,(H,22,24). The molecule has 2 N–H and O–H groups in total. The molecular formula is C21H28N2O3S. The molecule has 1 unspecified atom stereocenters. The van der Waals surface area contributed by atoms with E-state index in [0.717, 1.165) is 12.0 Å². The molecule has 0 aliphatic carbocycles. The number of sulfonamides is 1. The van der Waals surface area contributed by atoms with Crippen molar-refractivity contribution >= 4 is 21.6 Å². The van der Waals surface area contributed by atoms with E-state index >= 15 is 0 Å². The molecule has 0 saturated carbocycles. The normalized spacial score (nSPS) is 12.6. The van der Waals surface area contributed by atoms with Gasteiger partial charge in [-0.15, -0.1) is 0 Å². The molecule has 0 aromatic heterocycles. The lowest BCUT2D eigenvalue weighted by atomic mass is 9.96. The van der Waals surface area contributed by atoms with Crippen molar-refractivity contribution in [1.29, 1.82) is 0 Å². The van der Waals surface area contributed by atoms with Crippen LogP contribution in [-0.2, 0) is 10.0 Å². The maximum atomic E-state index is 12.8. The van der Waals surface area contributed by atoms with Crippen LogP contribution < -0.4 is 10.0 Å². The van der Waals surface area contributed by atoms with E-state index in [2.05, 4.69) is 23.9 Å². The highest BCUT2D eigenvalue weighted by molar-refractivity contribution is 7.92. The highest BCUT2D eigenvalue weighted by Crippen LogP contribution is 2.22. The van der Waals surface area contributed by atoms with Crippen LogP contribution in [0.4, 0.5) is 5.69 Å². The van der Waals surface area contributed by atoms with Crippen LogP contribution in [0.2, 0.25) is 0 Å². The Labute approximate surface area is 162 Å². The van der Waals surface area contributed by atoms with Gasteiger partial charge in [0, 0.05) is 11.3 Å². The monoisotopic (exact) mass is 388 g/mol. The van der Waals surface area contributed by atoms with Gasteiger partial charge in [0.1, 0.15) is 0 Å². The lowest BCUT2D eigenvalue weighted by Gasteiger charge is -2.21. The smallest absolute Gasteiger partial charge is 0.251 e. The Kier molecular flexibility index (Phi) is 7.42. The second-order valence-corrected chi connectivity index (χ2v) is 8.91. The summed E-state index contributed by atoms with van der Waals surface area (Å²) in [5.74, 6) is 0.247. The lowest BCUT2D eigenvalue weighted by Crippen LogP contribution is -2.29. The van der Waals surface area contributed by atoms with Gasteiger partial charge in [-0.25, -0.2) is 8.42 Å². The molecule has 5 nitrogen and oxygen atoms in total. The predicted octanol–water partition coefficient (Wildman–Crippen LogP) is 4.36. The van der Waals surface area contributed by atoms with Crippen LogP contribution in [0.5, 0.6) is 0 Å². The summed E-state index contributed by atoms with van der Waals surface area (Å²) in [5.41, 5.74) is 1.88. The number of benzene rings is 2. The number of hydrogen-bond acceptors (Lipinski definition) is 3. The molecule has 0 aliphatic rings. The van der Waals surface area contributed by atoms with Crippen LogP contribution >= 0.6 is 0 Å². The number of nitrogens with one attached hydrogen (secondary N) is 2. The number of rotatable bonds is 9. The summed E-state index contributed by atoms with van der Waals surface area (Å²) in [5, 5.41) is 3.08. The van der Waals surface area contributed by atoms with E-state index in [4.69, 9.17) is 0 Å². The first-order valence-electron chi connectivity index (χ1n) is 9.27. The number of anilines is 1. The zero-order valence-corrected chi connectivity index (χ0v) is 16.9. The molecule has 0 bridgehead atoms. The van der Waals surface area contributed by atoms with Crippen molar-refractivity contribution < 1.29 is 13.2 Å². The zero-order chi connectivity index (χ0) is 19.9. The van der Waals surface area contributed by atoms with Crippen LogP contribution in [0, 0.1) is 5.92 Å². The lowest BCUT2D eigenvalue weighted by molar-refractivity contribution is 0.0932. The molecule has 1 amide bonds. The first-order valence-corrected chi connectivity index (χ1v) is 10.9. The molecule has 0 heterocycles. The van der Waals surface area contributed by atoms with E-state index in [1.807, 2.05) is 37.3 Å². The van der Waals surface area contributed by atoms with Gasteiger partial charge in [-0.3, -0.25) is 9.52 Å². The van der Waals surface area contributed by atoms with E-state index in [-0.39, 0.29) is 17.7 Å². The molecule has 146 valence electrons. The SMILES string of the molecule is CCCS(=O)(=O)Nc1cccc(C(=O)NC(CC(C)C)c2ccccc2)c1. The van der Waals surface area contributed by atoms with Gasteiger partial charge in [-0.05, 0) is 42.5 Å². The van der Waals surface area contributed by atoms with Crippen molar-refractivity contribution in [3.8, 4) is 0 Å². The quantitative estimate of drug-likeness (QED) is 0.670. The Morgan fingerprint density at radius 2 is 1.74 bits per heavy atom. The largest absolute Gasteiger partial charge is 0.345 e. The average Bonchev–Trinajstić information content (AvgIpc) is 2.61. The summed E-state index contributed by atoms with van der Waals surface area (Å²) in [6.07, 6.45) is 1.35. The molecule has 27 heavy (non-hydrogen) atoms. The molecule has 0 spiro atoms. The van der Waals surface area contributed by atoms with Gasteiger partial charge < -0.3 is 5.32 Å². The molecular weight excluding hydrogens is 360 g/mol. The first kappa shape index (κ1) is 21.0. The van der Waals surface area contributed by atoms with Gasteiger partial charge >= 0.3 is 0 Å². The van der Waals surface area contributed by atoms with Crippen molar-refractivity contribution in [2.24, 2.45) is 5.92 Å². The summed E-state index contributed by atoms with van der Waals surface area (Å²) in [7, 11) is -3.39. The minimum Gasteiger partial charge on any atom is -0.345 e. The fourth-order valence-electron chi connectivity index (χ4n) is 2.90. The van der Waals surface area contributed by atoms with Crippen LogP contribution in [0.1, 0.15) is 55.6 Å². The predicted molar refractivity (Wildman–Crippen MR) is 110 cm³/mol. The van der Waals surface area contributed by atoms with Gasteiger partial charge in [-0.1, -0.05) is 57.2 Å². The maximum absolute atomic E-state index is 12.8. The van der Waals surface area contributed by atoms with Crippen LogP contribution in [0.25, 0.3) is 0 Å². The van der Waals surface area contributed by atoms with Gasteiger partial charge in [0.05, 0.1) is 11.8 Å². The zero-order valence-electron chi connectivity index (χ0n) is 16.1. The Hall–Kier alpha value is -2.34. The summed E-state index contributed by atoms with van der Waals surface area (Å²) in [6, 6.07) is 16.3. The molecule has 0 fully saturated rings. The van der Waals surface area contributed by atoms with Crippen LogP contribution in [0.15, 0.2) is 54.6 Å².